The number of nitrogens with two attached hydrogens (primary N) is 1. The van der Waals surface area contributed by atoms with Crippen molar-refractivity contribution in [3.8, 4) is 0 Å². The zero-order valence-electron chi connectivity index (χ0n) is 10.8. The fourth-order valence-corrected chi connectivity index (χ4v) is 2.33. The van der Waals surface area contributed by atoms with E-state index < -0.39 is 29.9 Å². The molecule has 6 heteroatoms. The summed E-state index contributed by atoms with van der Waals surface area (Å²) >= 11 is 0. The normalized spacial score (nSPS) is 33.2. The van der Waals surface area contributed by atoms with Crippen LogP contribution in [0.4, 0.5) is 13.2 Å². The summed E-state index contributed by atoms with van der Waals surface area (Å²) < 4.78 is 43.4. The van der Waals surface area contributed by atoms with Crippen molar-refractivity contribution in [2.24, 2.45) is 11.7 Å². The molecule has 18 heavy (non-hydrogen) atoms. The minimum Gasteiger partial charge on any atom is -0.391 e. The molecule has 108 valence electrons. The van der Waals surface area contributed by atoms with Crippen molar-refractivity contribution in [1.82, 2.24) is 0 Å². The van der Waals surface area contributed by atoms with Gasteiger partial charge in [-0.25, -0.2) is 0 Å². The van der Waals surface area contributed by atoms with Gasteiger partial charge in [0, 0.05) is 6.54 Å². The van der Waals surface area contributed by atoms with Crippen LogP contribution < -0.4 is 5.73 Å². The zero-order chi connectivity index (χ0) is 14.0. The molecule has 0 aromatic rings. The molecule has 0 aliphatic heterocycles. The number of aliphatic hydroxyl groups excluding tert-OH is 1. The lowest BCUT2D eigenvalue weighted by Gasteiger charge is -2.41. The van der Waals surface area contributed by atoms with E-state index in [9.17, 15) is 18.3 Å². The van der Waals surface area contributed by atoms with Crippen molar-refractivity contribution in [3.05, 3.63) is 0 Å². The lowest BCUT2D eigenvalue weighted by Crippen LogP contribution is -2.49. The predicted molar refractivity (Wildman–Crippen MR) is 62.0 cm³/mol. The van der Waals surface area contributed by atoms with Gasteiger partial charge in [0.2, 0.25) is 0 Å². The van der Waals surface area contributed by atoms with E-state index in [2.05, 4.69) is 0 Å². The Bertz CT molecular complexity index is 261. The molecule has 0 saturated heterocycles. The molecular formula is C12H22F3NO2. The van der Waals surface area contributed by atoms with Gasteiger partial charge in [-0.3, -0.25) is 0 Å². The quantitative estimate of drug-likeness (QED) is 0.822. The third-order valence-electron chi connectivity index (χ3n) is 3.85. The third kappa shape index (κ3) is 3.83. The summed E-state index contributed by atoms with van der Waals surface area (Å²) in [5.41, 5.74) is 4.94. The highest BCUT2D eigenvalue weighted by Gasteiger charge is 2.46. The van der Waals surface area contributed by atoms with E-state index in [1.54, 1.807) is 13.8 Å². The molecule has 0 radical (unpaired) electrons. The molecular weight excluding hydrogens is 247 g/mol. The Morgan fingerprint density at radius 3 is 2.17 bits per heavy atom. The molecule has 2 atom stereocenters. The molecule has 1 saturated carbocycles. The summed E-state index contributed by atoms with van der Waals surface area (Å²) in [4.78, 5) is 0. The lowest BCUT2D eigenvalue weighted by molar-refractivity contribution is -0.203. The Labute approximate surface area is 105 Å². The summed E-state index contributed by atoms with van der Waals surface area (Å²) in [5.74, 6) is -1.25. The second kappa shape index (κ2) is 5.75. The van der Waals surface area contributed by atoms with E-state index in [4.69, 9.17) is 10.5 Å². The number of alkyl halides is 3. The van der Waals surface area contributed by atoms with Crippen molar-refractivity contribution in [3.63, 3.8) is 0 Å². The molecule has 1 aliphatic rings. The first-order chi connectivity index (χ1) is 8.20. The van der Waals surface area contributed by atoms with Gasteiger partial charge >= 0.3 is 6.18 Å². The van der Waals surface area contributed by atoms with Crippen LogP contribution in [0.1, 0.15) is 39.5 Å². The molecule has 1 fully saturated rings. The van der Waals surface area contributed by atoms with Gasteiger partial charge in [-0.15, -0.1) is 0 Å². The Morgan fingerprint density at radius 2 is 1.83 bits per heavy atom. The fourth-order valence-electron chi connectivity index (χ4n) is 2.33. The zero-order valence-corrected chi connectivity index (χ0v) is 10.8. The smallest absolute Gasteiger partial charge is 0.391 e. The van der Waals surface area contributed by atoms with Gasteiger partial charge in [-0.1, -0.05) is 0 Å². The van der Waals surface area contributed by atoms with E-state index in [1.165, 1.54) is 0 Å². The van der Waals surface area contributed by atoms with E-state index in [0.29, 0.717) is 12.8 Å². The lowest BCUT2D eigenvalue weighted by atomic mass is 9.78. The molecule has 3 N–H and O–H groups in total. The fraction of sp³-hybridized carbons (Fsp3) is 1.00. The summed E-state index contributed by atoms with van der Waals surface area (Å²) in [5, 5.41) is 9.40. The summed E-state index contributed by atoms with van der Waals surface area (Å²) in [6.45, 7) is 3.49. The van der Waals surface area contributed by atoms with Gasteiger partial charge in [-0.2, -0.15) is 13.2 Å². The first-order valence-electron chi connectivity index (χ1n) is 6.33. The molecule has 0 aromatic heterocycles. The van der Waals surface area contributed by atoms with Crippen molar-refractivity contribution >= 4 is 0 Å². The second-order valence-corrected chi connectivity index (χ2v) is 5.27. The molecule has 0 amide bonds. The molecule has 2 unspecified atom stereocenters. The molecule has 0 spiro atoms. The maximum Gasteiger partial charge on any atom is 0.391 e. The molecule has 1 rings (SSSR count). The standard InChI is InChI=1S/C12H22F3NO2/c1-8(17)9(2)18-11(7-16)5-3-10(4-6-11)12(13,14)15/h8-10,17H,3-7,16H2,1-2H3. The first kappa shape index (κ1) is 15.7. The summed E-state index contributed by atoms with van der Waals surface area (Å²) in [7, 11) is 0. The van der Waals surface area contributed by atoms with Gasteiger partial charge < -0.3 is 15.6 Å². The SMILES string of the molecule is CC(O)C(C)OC1(CN)CCC(C(F)(F)F)CC1. The first-order valence-corrected chi connectivity index (χ1v) is 6.33. The van der Waals surface area contributed by atoms with Crippen LogP contribution in [0.15, 0.2) is 0 Å². The highest BCUT2D eigenvalue weighted by Crippen LogP contribution is 2.42. The van der Waals surface area contributed by atoms with E-state index in [1.807, 2.05) is 0 Å². The van der Waals surface area contributed by atoms with Crippen molar-refractivity contribution in [2.75, 3.05) is 6.54 Å². The van der Waals surface area contributed by atoms with Gasteiger partial charge in [0.05, 0.1) is 23.7 Å². The largest absolute Gasteiger partial charge is 0.391 e. The van der Waals surface area contributed by atoms with Crippen LogP contribution in [0, 0.1) is 5.92 Å². The Kier molecular flexibility index (Phi) is 5.03. The summed E-state index contributed by atoms with van der Waals surface area (Å²) in [6.07, 6.45) is -4.52. The Hall–Kier alpha value is -0.330. The molecule has 0 aromatic carbocycles. The topological polar surface area (TPSA) is 55.5 Å². The predicted octanol–water partition coefficient (Wildman–Crippen LogP) is 2.22. The minimum absolute atomic E-state index is 0.0488. The van der Waals surface area contributed by atoms with Crippen molar-refractivity contribution in [1.29, 1.82) is 0 Å². The van der Waals surface area contributed by atoms with Crippen LogP contribution in [0.5, 0.6) is 0 Å². The highest BCUT2D eigenvalue weighted by molar-refractivity contribution is 4.91. The number of rotatable bonds is 4. The van der Waals surface area contributed by atoms with Gasteiger partial charge in [0.1, 0.15) is 0 Å². The van der Waals surface area contributed by atoms with E-state index >= 15 is 0 Å². The third-order valence-corrected chi connectivity index (χ3v) is 3.85. The van der Waals surface area contributed by atoms with E-state index in [0.717, 1.165) is 0 Å². The van der Waals surface area contributed by atoms with E-state index in [-0.39, 0.29) is 19.4 Å². The van der Waals surface area contributed by atoms with Gasteiger partial charge in [-0.05, 0) is 39.5 Å². The highest BCUT2D eigenvalue weighted by atomic mass is 19.4. The maximum atomic E-state index is 12.6. The monoisotopic (exact) mass is 269 g/mol. The molecule has 0 heterocycles. The number of halogens is 3. The number of hydrogen-bond acceptors (Lipinski definition) is 3. The van der Waals surface area contributed by atoms with Crippen LogP contribution in [0.2, 0.25) is 0 Å². The number of hydrogen-bond donors (Lipinski definition) is 2. The summed E-state index contributed by atoms with van der Waals surface area (Å²) in [6, 6.07) is 0. The number of aliphatic hydroxyl groups is 1. The molecule has 1 aliphatic carbocycles. The maximum absolute atomic E-state index is 12.6. The minimum atomic E-state index is -4.13. The van der Waals surface area contributed by atoms with Crippen LogP contribution in [0.3, 0.4) is 0 Å². The van der Waals surface area contributed by atoms with Crippen LogP contribution in [0.25, 0.3) is 0 Å². The van der Waals surface area contributed by atoms with Crippen molar-refractivity contribution in [2.45, 2.75) is 63.5 Å². The number of ether oxygens (including phenoxy) is 1. The van der Waals surface area contributed by atoms with Gasteiger partial charge in [0.25, 0.3) is 0 Å². The Morgan fingerprint density at radius 1 is 1.33 bits per heavy atom. The second-order valence-electron chi connectivity index (χ2n) is 5.27. The average molecular weight is 269 g/mol. The van der Waals surface area contributed by atoms with Crippen LogP contribution in [-0.2, 0) is 4.74 Å². The van der Waals surface area contributed by atoms with Crippen LogP contribution >= 0.6 is 0 Å². The average Bonchev–Trinajstić information content (AvgIpc) is 2.28. The molecule has 0 bridgehead atoms. The Balaban J connectivity index is 2.60. The van der Waals surface area contributed by atoms with Crippen molar-refractivity contribution < 1.29 is 23.0 Å². The molecule has 3 nitrogen and oxygen atoms in total. The van der Waals surface area contributed by atoms with Crippen LogP contribution in [-0.4, -0.2) is 35.6 Å². The van der Waals surface area contributed by atoms with Gasteiger partial charge in [0.15, 0.2) is 0 Å².